The van der Waals surface area contributed by atoms with Gasteiger partial charge < -0.3 is 0 Å². The molecule has 104 valence electrons. The summed E-state index contributed by atoms with van der Waals surface area (Å²) in [5, 5.41) is 0.181. The first-order chi connectivity index (χ1) is 8.13. The van der Waals surface area contributed by atoms with E-state index in [0.29, 0.717) is 4.83 Å². The van der Waals surface area contributed by atoms with Gasteiger partial charge in [-0.3, -0.25) is 0 Å². The van der Waals surface area contributed by atoms with Crippen LogP contribution in [0.5, 0.6) is 0 Å². The van der Waals surface area contributed by atoms with E-state index in [9.17, 15) is 0 Å². The summed E-state index contributed by atoms with van der Waals surface area (Å²) < 4.78 is 0.0788. The number of allylic oxidation sites excluding steroid dienone is 1. The second kappa shape index (κ2) is 4.77. The molecule has 2 fully saturated rings. The molecule has 0 aromatic heterocycles. The molecule has 0 nitrogen and oxygen atoms in total. The summed E-state index contributed by atoms with van der Waals surface area (Å²) in [6.07, 6.45) is 5.72. The maximum atomic E-state index is 6.67. The molecule has 2 saturated carbocycles. The molecule has 0 N–H and O–H groups in total. The minimum Gasteiger partial charge on any atom is -0.121 e. The molecule has 0 radical (unpaired) electrons. The summed E-state index contributed by atoms with van der Waals surface area (Å²) in [4.78, 5) is 0.569. The molecule has 2 rings (SSSR count). The Bertz CT molecular complexity index is 362. The smallest absolute Gasteiger partial charge is 0.0495 e. The van der Waals surface area contributed by atoms with Crippen LogP contribution in [0.1, 0.15) is 52.9 Å². The van der Waals surface area contributed by atoms with Gasteiger partial charge in [-0.25, -0.2) is 0 Å². The highest BCUT2D eigenvalue weighted by molar-refractivity contribution is 9.10. The zero-order valence-electron chi connectivity index (χ0n) is 11.5. The third-order valence-electron chi connectivity index (χ3n) is 5.61. The normalized spacial score (nSPS) is 48.4. The van der Waals surface area contributed by atoms with Gasteiger partial charge in [0.1, 0.15) is 0 Å². The zero-order chi connectivity index (χ0) is 13.8. The summed E-state index contributed by atoms with van der Waals surface area (Å²) in [5.74, 6) is 0. The molecule has 0 saturated heterocycles. The van der Waals surface area contributed by atoms with Gasteiger partial charge in [-0.1, -0.05) is 57.9 Å². The fraction of sp³-hybridized carbons (Fsp3) is 0.867. The lowest BCUT2D eigenvalue weighted by Gasteiger charge is -2.59. The van der Waals surface area contributed by atoms with Gasteiger partial charge in [0.05, 0.1) is 0 Å². The van der Waals surface area contributed by atoms with Crippen LogP contribution in [0.25, 0.3) is 0 Å². The van der Waals surface area contributed by atoms with E-state index in [1.54, 1.807) is 0 Å². The average molecular weight is 399 g/mol. The minimum atomic E-state index is 0.0788. The summed E-state index contributed by atoms with van der Waals surface area (Å²) in [5.41, 5.74) is 1.87. The summed E-state index contributed by atoms with van der Waals surface area (Å²) >= 11 is 14.4. The van der Waals surface area contributed by atoms with E-state index >= 15 is 0 Å². The molecule has 0 bridgehead atoms. The highest BCUT2D eigenvalue weighted by Crippen LogP contribution is 2.64. The first kappa shape index (κ1) is 15.4. The molecule has 4 unspecified atom stereocenters. The standard InChI is InChI=1S/C15H23Br2Cl/c1-10-5-6-11(16)13(2,3)15(10)8-7-14(4,17)12(18)9-15/h11-12H,1,5-9H2,2-4H3. The SMILES string of the molecule is C=C1CCC(Br)C(C)(C)C12CCC(C)(Br)C(Cl)C2. The number of alkyl halides is 3. The highest BCUT2D eigenvalue weighted by atomic mass is 79.9. The van der Waals surface area contributed by atoms with Crippen molar-refractivity contribution in [1.29, 1.82) is 0 Å². The molecule has 2 aliphatic rings. The topological polar surface area (TPSA) is 0 Å². The van der Waals surface area contributed by atoms with Crippen molar-refractivity contribution in [2.75, 3.05) is 0 Å². The number of halogens is 3. The van der Waals surface area contributed by atoms with Crippen molar-refractivity contribution in [3.05, 3.63) is 12.2 Å². The summed E-state index contributed by atoms with van der Waals surface area (Å²) in [6, 6.07) is 0. The van der Waals surface area contributed by atoms with Gasteiger partial charge >= 0.3 is 0 Å². The molecule has 0 aliphatic heterocycles. The van der Waals surface area contributed by atoms with E-state index in [0.717, 1.165) is 19.3 Å². The third kappa shape index (κ3) is 2.15. The number of hydrogen-bond acceptors (Lipinski definition) is 0. The van der Waals surface area contributed by atoms with Crippen LogP contribution in [-0.4, -0.2) is 14.5 Å². The van der Waals surface area contributed by atoms with Crippen LogP contribution in [0.15, 0.2) is 12.2 Å². The predicted octanol–water partition coefficient (Wildman–Crippen LogP) is 6.06. The Morgan fingerprint density at radius 1 is 1.28 bits per heavy atom. The van der Waals surface area contributed by atoms with E-state index in [2.05, 4.69) is 59.2 Å². The van der Waals surface area contributed by atoms with Gasteiger partial charge in [-0.2, -0.15) is 0 Å². The van der Waals surface area contributed by atoms with E-state index in [1.165, 1.54) is 18.4 Å². The van der Waals surface area contributed by atoms with Crippen LogP contribution < -0.4 is 0 Å². The quantitative estimate of drug-likeness (QED) is 0.344. The molecule has 0 aromatic rings. The van der Waals surface area contributed by atoms with Crippen molar-refractivity contribution in [3.63, 3.8) is 0 Å². The first-order valence-corrected chi connectivity index (χ1v) is 8.93. The maximum Gasteiger partial charge on any atom is 0.0495 e. The zero-order valence-corrected chi connectivity index (χ0v) is 15.5. The molecule has 1 spiro atoms. The van der Waals surface area contributed by atoms with Crippen molar-refractivity contribution in [1.82, 2.24) is 0 Å². The highest BCUT2D eigenvalue weighted by Gasteiger charge is 2.57. The molecule has 2 aliphatic carbocycles. The van der Waals surface area contributed by atoms with Crippen LogP contribution in [0.3, 0.4) is 0 Å². The average Bonchev–Trinajstić information content (AvgIpc) is 2.27. The van der Waals surface area contributed by atoms with Crippen LogP contribution in [0, 0.1) is 10.8 Å². The molecular weight excluding hydrogens is 375 g/mol. The second-order valence-electron chi connectivity index (χ2n) is 6.86. The van der Waals surface area contributed by atoms with E-state index in [1.807, 2.05) is 0 Å². The lowest BCUT2D eigenvalue weighted by atomic mass is 9.50. The van der Waals surface area contributed by atoms with Crippen molar-refractivity contribution in [2.45, 2.75) is 67.4 Å². The van der Waals surface area contributed by atoms with Gasteiger partial charge in [-0.15, -0.1) is 11.6 Å². The fourth-order valence-electron chi connectivity index (χ4n) is 3.80. The molecule has 0 amide bonds. The van der Waals surface area contributed by atoms with E-state index in [-0.39, 0.29) is 20.5 Å². The summed E-state index contributed by atoms with van der Waals surface area (Å²) in [6.45, 7) is 11.4. The van der Waals surface area contributed by atoms with Gasteiger partial charge in [0.2, 0.25) is 0 Å². The third-order valence-corrected chi connectivity index (χ3v) is 9.07. The van der Waals surface area contributed by atoms with Crippen molar-refractivity contribution < 1.29 is 0 Å². The monoisotopic (exact) mass is 396 g/mol. The van der Waals surface area contributed by atoms with Crippen LogP contribution in [0.4, 0.5) is 0 Å². The molecule has 4 atom stereocenters. The van der Waals surface area contributed by atoms with Crippen LogP contribution in [-0.2, 0) is 0 Å². The Morgan fingerprint density at radius 2 is 1.89 bits per heavy atom. The van der Waals surface area contributed by atoms with Crippen molar-refractivity contribution in [3.8, 4) is 0 Å². The van der Waals surface area contributed by atoms with Gasteiger partial charge in [-0.05, 0) is 49.9 Å². The van der Waals surface area contributed by atoms with E-state index < -0.39 is 0 Å². The Kier molecular flexibility index (Phi) is 4.08. The maximum absolute atomic E-state index is 6.67. The Labute approximate surface area is 133 Å². The molecule has 0 heterocycles. The van der Waals surface area contributed by atoms with Crippen LogP contribution >= 0.6 is 43.5 Å². The molecular formula is C15H23Br2Cl. The molecule has 0 aromatic carbocycles. The molecule has 18 heavy (non-hydrogen) atoms. The molecule has 3 heteroatoms. The van der Waals surface area contributed by atoms with Crippen LogP contribution in [0.2, 0.25) is 0 Å². The van der Waals surface area contributed by atoms with E-state index in [4.69, 9.17) is 11.6 Å². The Morgan fingerprint density at radius 3 is 2.44 bits per heavy atom. The Balaban J connectivity index is 2.37. The van der Waals surface area contributed by atoms with Gasteiger partial charge in [0.15, 0.2) is 0 Å². The Hall–Kier alpha value is 0.990. The fourth-order valence-corrected chi connectivity index (χ4v) is 5.20. The lowest BCUT2D eigenvalue weighted by Crippen LogP contribution is -2.54. The predicted molar refractivity (Wildman–Crippen MR) is 88.1 cm³/mol. The van der Waals surface area contributed by atoms with Crippen molar-refractivity contribution >= 4 is 43.5 Å². The minimum absolute atomic E-state index is 0.0788. The number of hydrogen-bond donors (Lipinski definition) is 0. The van der Waals surface area contributed by atoms with Crippen molar-refractivity contribution in [2.24, 2.45) is 10.8 Å². The second-order valence-corrected chi connectivity index (χ2v) is 10.3. The number of rotatable bonds is 0. The van der Waals surface area contributed by atoms with Gasteiger partial charge in [0, 0.05) is 14.5 Å². The van der Waals surface area contributed by atoms with Gasteiger partial charge in [0.25, 0.3) is 0 Å². The largest absolute Gasteiger partial charge is 0.121 e. The summed E-state index contributed by atoms with van der Waals surface area (Å²) in [7, 11) is 0. The first-order valence-electron chi connectivity index (χ1n) is 6.79. The lowest BCUT2D eigenvalue weighted by molar-refractivity contribution is 0.0341.